The number of nitrogens with one attached hydrogen (secondary N) is 1. The van der Waals surface area contributed by atoms with Gasteiger partial charge in [0, 0.05) is 6.54 Å². The van der Waals surface area contributed by atoms with Gasteiger partial charge in [0.1, 0.15) is 17.3 Å². The van der Waals surface area contributed by atoms with Crippen LogP contribution in [0.2, 0.25) is 5.15 Å². The molecule has 1 unspecified atom stereocenters. The Bertz CT molecular complexity index is 313. The van der Waals surface area contributed by atoms with Crippen molar-refractivity contribution < 1.29 is 10.2 Å². The summed E-state index contributed by atoms with van der Waals surface area (Å²) in [6.07, 6.45) is 0.483. The van der Waals surface area contributed by atoms with Gasteiger partial charge in [0.15, 0.2) is 0 Å². The van der Waals surface area contributed by atoms with Crippen molar-refractivity contribution in [2.45, 2.75) is 6.10 Å². The molecule has 78 valence electrons. The maximum atomic E-state index is 9.08. The second-order valence-electron chi connectivity index (χ2n) is 2.54. The van der Waals surface area contributed by atoms with E-state index in [1.165, 1.54) is 6.33 Å². The highest BCUT2D eigenvalue weighted by Gasteiger charge is 2.08. The van der Waals surface area contributed by atoms with Crippen molar-refractivity contribution in [2.24, 2.45) is 0 Å². The summed E-state index contributed by atoms with van der Waals surface area (Å²) in [4.78, 5) is 7.64. The molecule has 1 heterocycles. The molecule has 0 aliphatic carbocycles. The molecule has 0 radical (unpaired) electrons. The van der Waals surface area contributed by atoms with Crippen LogP contribution in [0.25, 0.3) is 0 Å². The first-order valence-corrected chi connectivity index (χ1v) is 5.01. The Labute approximate surface area is 94.3 Å². The van der Waals surface area contributed by atoms with Gasteiger partial charge in [-0.1, -0.05) is 11.6 Å². The number of nitrogens with zero attached hydrogens (tertiary/aromatic N) is 2. The lowest BCUT2D eigenvalue weighted by molar-refractivity contribution is 0.105. The van der Waals surface area contributed by atoms with Crippen LogP contribution in [-0.4, -0.2) is 39.4 Å². The van der Waals surface area contributed by atoms with E-state index in [0.29, 0.717) is 15.4 Å². The fourth-order valence-corrected chi connectivity index (χ4v) is 1.23. The Morgan fingerprint density at radius 1 is 1.57 bits per heavy atom. The van der Waals surface area contributed by atoms with E-state index < -0.39 is 6.10 Å². The zero-order chi connectivity index (χ0) is 10.6. The molecule has 0 bridgehead atoms. The molecular weight excluding hydrogens is 273 g/mol. The minimum Gasteiger partial charge on any atom is -0.394 e. The molecular formula is C7H9BrClN3O2. The van der Waals surface area contributed by atoms with E-state index in [4.69, 9.17) is 21.8 Å². The first-order chi connectivity index (χ1) is 6.65. The minimum absolute atomic E-state index is 0.197. The van der Waals surface area contributed by atoms with Gasteiger partial charge in [-0.15, -0.1) is 0 Å². The lowest BCUT2D eigenvalue weighted by Gasteiger charge is -2.10. The molecule has 0 spiro atoms. The Kier molecular flexibility index (Phi) is 4.53. The van der Waals surface area contributed by atoms with Gasteiger partial charge in [-0.05, 0) is 15.9 Å². The number of aliphatic hydroxyl groups is 2. The monoisotopic (exact) mass is 281 g/mol. The molecule has 0 amide bonds. The molecule has 14 heavy (non-hydrogen) atoms. The first-order valence-electron chi connectivity index (χ1n) is 3.84. The van der Waals surface area contributed by atoms with E-state index in [0.717, 1.165) is 0 Å². The Balaban J connectivity index is 2.63. The van der Waals surface area contributed by atoms with E-state index in [-0.39, 0.29) is 13.2 Å². The summed E-state index contributed by atoms with van der Waals surface area (Å²) in [6.45, 7) is -0.105. The molecule has 5 nitrogen and oxygen atoms in total. The number of anilines is 1. The molecule has 1 aromatic heterocycles. The zero-order valence-electron chi connectivity index (χ0n) is 7.11. The standard InChI is InChI=1S/C7H9BrClN3O2/c8-5-6(9)11-3-12-7(5)10-1-4(14)2-13/h3-4,13-14H,1-2H2,(H,10,11,12). The Morgan fingerprint density at radius 2 is 2.29 bits per heavy atom. The lowest BCUT2D eigenvalue weighted by Crippen LogP contribution is -2.23. The molecule has 1 aromatic rings. The summed E-state index contributed by atoms with van der Waals surface area (Å²) in [6, 6.07) is 0. The van der Waals surface area contributed by atoms with E-state index >= 15 is 0 Å². The van der Waals surface area contributed by atoms with Crippen LogP contribution in [0.5, 0.6) is 0 Å². The summed E-state index contributed by atoms with van der Waals surface area (Å²) in [5.74, 6) is 0.484. The third kappa shape index (κ3) is 3.06. The summed E-state index contributed by atoms with van der Waals surface area (Å²) in [5.41, 5.74) is 0. The largest absolute Gasteiger partial charge is 0.394 e. The van der Waals surface area contributed by atoms with Crippen LogP contribution in [0.4, 0.5) is 5.82 Å². The molecule has 1 atom stereocenters. The highest BCUT2D eigenvalue weighted by molar-refractivity contribution is 9.10. The third-order valence-electron chi connectivity index (χ3n) is 1.46. The number of hydrogen-bond donors (Lipinski definition) is 3. The number of hydrogen-bond acceptors (Lipinski definition) is 5. The van der Waals surface area contributed by atoms with Crippen molar-refractivity contribution in [3.63, 3.8) is 0 Å². The smallest absolute Gasteiger partial charge is 0.148 e. The normalized spacial score (nSPS) is 12.6. The highest BCUT2D eigenvalue weighted by Crippen LogP contribution is 2.25. The van der Waals surface area contributed by atoms with Gasteiger partial charge in [0.05, 0.1) is 17.2 Å². The third-order valence-corrected chi connectivity index (χ3v) is 2.73. The average molecular weight is 283 g/mol. The molecule has 0 fully saturated rings. The highest BCUT2D eigenvalue weighted by atomic mass is 79.9. The predicted molar refractivity (Wildman–Crippen MR) is 56.3 cm³/mol. The van der Waals surface area contributed by atoms with Gasteiger partial charge in [-0.3, -0.25) is 0 Å². The van der Waals surface area contributed by atoms with Crippen molar-refractivity contribution in [3.05, 3.63) is 16.0 Å². The van der Waals surface area contributed by atoms with E-state index in [1.54, 1.807) is 0 Å². The zero-order valence-corrected chi connectivity index (χ0v) is 9.46. The van der Waals surface area contributed by atoms with Crippen molar-refractivity contribution in [2.75, 3.05) is 18.5 Å². The van der Waals surface area contributed by atoms with Crippen molar-refractivity contribution in [1.29, 1.82) is 0 Å². The van der Waals surface area contributed by atoms with Crippen LogP contribution >= 0.6 is 27.5 Å². The Hall–Kier alpha value is -0.430. The number of halogens is 2. The fraction of sp³-hybridized carbons (Fsp3) is 0.429. The quantitative estimate of drug-likeness (QED) is 0.707. The average Bonchev–Trinajstić information content (AvgIpc) is 2.20. The molecule has 7 heteroatoms. The number of aliphatic hydroxyl groups excluding tert-OH is 2. The van der Waals surface area contributed by atoms with Crippen molar-refractivity contribution >= 4 is 33.3 Å². The fourth-order valence-electron chi connectivity index (χ4n) is 0.751. The Morgan fingerprint density at radius 3 is 2.93 bits per heavy atom. The molecule has 0 aliphatic rings. The van der Waals surface area contributed by atoms with Crippen LogP contribution in [0.3, 0.4) is 0 Å². The maximum Gasteiger partial charge on any atom is 0.148 e. The SMILES string of the molecule is OCC(O)CNc1ncnc(Cl)c1Br. The number of rotatable bonds is 4. The molecule has 0 saturated heterocycles. The molecule has 3 N–H and O–H groups in total. The molecule has 0 aliphatic heterocycles. The maximum absolute atomic E-state index is 9.08. The summed E-state index contributed by atoms with van der Waals surface area (Å²) >= 11 is 8.90. The van der Waals surface area contributed by atoms with Gasteiger partial charge < -0.3 is 15.5 Å². The summed E-state index contributed by atoms with van der Waals surface area (Å²) < 4.78 is 0.534. The molecule has 1 rings (SSSR count). The van der Waals surface area contributed by atoms with Crippen LogP contribution in [0.1, 0.15) is 0 Å². The van der Waals surface area contributed by atoms with Gasteiger partial charge in [0.25, 0.3) is 0 Å². The van der Waals surface area contributed by atoms with Crippen molar-refractivity contribution in [1.82, 2.24) is 9.97 Å². The van der Waals surface area contributed by atoms with Crippen LogP contribution < -0.4 is 5.32 Å². The number of aromatic nitrogens is 2. The predicted octanol–water partition coefficient (Wildman–Crippen LogP) is 0.658. The second-order valence-corrected chi connectivity index (χ2v) is 3.70. The van der Waals surface area contributed by atoms with E-state index in [2.05, 4.69) is 31.2 Å². The topological polar surface area (TPSA) is 78.3 Å². The van der Waals surface area contributed by atoms with Gasteiger partial charge >= 0.3 is 0 Å². The lowest BCUT2D eigenvalue weighted by atomic mass is 10.4. The summed E-state index contributed by atoms with van der Waals surface area (Å²) in [7, 11) is 0. The van der Waals surface area contributed by atoms with Crippen LogP contribution in [0, 0.1) is 0 Å². The van der Waals surface area contributed by atoms with Crippen LogP contribution in [-0.2, 0) is 0 Å². The minimum atomic E-state index is -0.823. The van der Waals surface area contributed by atoms with Gasteiger partial charge in [0.2, 0.25) is 0 Å². The van der Waals surface area contributed by atoms with E-state index in [1.807, 2.05) is 0 Å². The van der Waals surface area contributed by atoms with E-state index in [9.17, 15) is 0 Å². The van der Waals surface area contributed by atoms with Crippen LogP contribution in [0.15, 0.2) is 10.8 Å². The van der Waals surface area contributed by atoms with Gasteiger partial charge in [-0.25, -0.2) is 9.97 Å². The first kappa shape index (κ1) is 11.6. The second kappa shape index (κ2) is 5.45. The van der Waals surface area contributed by atoms with Gasteiger partial charge in [-0.2, -0.15) is 0 Å². The molecule has 0 saturated carbocycles. The van der Waals surface area contributed by atoms with Crippen molar-refractivity contribution in [3.8, 4) is 0 Å². The molecule has 0 aromatic carbocycles. The summed E-state index contributed by atoms with van der Waals surface area (Å²) in [5, 5.41) is 20.8.